The lowest BCUT2D eigenvalue weighted by Crippen LogP contribution is -1.98. The first-order valence-electron chi connectivity index (χ1n) is 4.87. The van der Waals surface area contributed by atoms with Crippen LogP contribution in [0.5, 0.6) is 0 Å². The molecule has 1 N–H and O–H groups in total. The van der Waals surface area contributed by atoms with Crippen molar-refractivity contribution in [1.29, 1.82) is 0 Å². The molecule has 0 aliphatic heterocycles. The molecular formula is C13H8F2O2. The number of hydrogen-bond acceptors (Lipinski definition) is 1. The zero-order valence-electron chi connectivity index (χ0n) is 8.65. The quantitative estimate of drug-likeness (QED) is 0.865. The van der Waals surface area contributed by atoms with Crippen LogP contribution in [-0.2, 0) is 0 Å². The van der Waals surface area contributed by atoms with Crippen LogP contribution >= 0.6 is 0 Å². The van der Waals surface area contributed by atoms with Gasteiger partial charge >= 0.3 is 5.97 Å². The van der Waals surface area contributed by atoms with Crippen LogP contribution < -0.4 is 0 Å². The maximum atomic E-state index is 13.5. The number of hydrogen-bond donors (Lipinski definition) is 1. The maximum absolute atomic E-state index is 13.5. The van der Waals surface area contributed by atoms with Crippen LogP contribution in [0.2, 0.25) is 0 Å². The second-order valence-electron chi connectivity index (χ2n) is 3.51. The zero-order chi connectivity index (χ0) is 12.4. The molecule has 2 rings (SSSR count). The van der Waals surface area contributed by atoms with E-state index >= 15 is 0 Å². The number of carboxylic acids is 1. The molecule has 0 aromatic heterocycles. The fourth-order valence-electron chi connectivity index (χ4n) is 1.56. The first-order valence-corrected chi connectivity index (χ1v) is 4.87. The summed E-state index contributed by atoms with van der Waals surface area (Å²) in [6, 6.07) is 9.05. The van der Waals surface area contributed by atoms with E-state index in [2.05, 4.69) is 0 Å². The maximum Gasteiger partial charge on any atom is 0.335 e. The highest BCUT2D eigenvalue weighted by molar-refractivity contribution is 5.89. The molecule has 0 bridgehead atoms. The lowest BCUT2D eigenvalue weighted by Gasteiger charge is -2.05. The van der Waals surface area contributed by atoms with Gasteiger partial charge in [-0.15, -0.1) is 0 Å². The molecule has 0 heterocycles. The van der Waals surface area contributed by atoms with Gasteiger partial charge in [0.25, 0.3) is 0 Å². The molecule has 0 saturated heterocycles. The molecule has 2 nitrogen and oxygen atoms in total. The van der Waals surface area contributed by atoms with Crippen molar-refractivity contribution in [2.75, 3.05) is 0 Å². The van der Waals surface area contributed by atoms with Gasteiger partial charge in [0, 0.05) is 5.56 Å². The van der Waals surface area contributed by atoms with Gasteiger partial charge < -0.3 is 5.11 Å². The average molecular weight is 234 g/mol. The molecule has 0 aliphatic rings. The molecule has 0 aliphatic carbocycles. The van der Waals surface area contributed by atoms with Crippen LogP contribution in [0.1, 0.15) is 10.4 Å². The monoisotopic (exact) mass is 234 g/mol. The van der Waals surface area contributed by atoms with Crippen LogP contribution in [0.25, 0.3) is 11.1 Å². The molecule has 0 saturated carbocycles. The zero-order valence-corrected chi connectivity index (χ0v) is 8.65. The van der Waals surface area contributed by atoms with Gasteiger partial charge in [0.2, 0.25) is 0 Å². The third-order valence-electron chi connectivity index (χ3n) is 2.33. The minimum Gasteiger partial charge on any atom is -0.478 e. The minimum absolute atomic E-state index is 0.175. The van der Waals surface area contributed by atoms with Crippen LogP contribution in [0.3, 0.4) is 0 Å². The van der Waals surface area contributed by atoms with Crippen molar-refractivity contribution in [3.05, 3.63) is 59.7 Å². The molecule has 17 heavy (non-hydrogen) atoms. The second kappa shape index (κ2) is 4.33. The Kier molecular flexibility index (Phi) is 2.87. The fourth-order valence-corrected chi connectivity index (χ4v) is 1.56. The Morgan fingerprint density at radius 3 is 2.41 bits per heavy atom. The molecule has 0 spiro atoms. The van der Waals surface area contributed by atoms with Gasteiger partial charge in [0.15, 0.2) is 0 Å². The summed E-state index contributed by atoms with van der Waals surface area (Å²) in [6.07, 6.45) is 0. The van der Waals surface area contributed by atoms with Gasteiger partial charge in [-0.05, 0) is 29.8 Å². The number of benzene rings is 2. The first-order chi connectivity index (χ1) is 8.08. The number of carboxylic acid groups (broad SMARTS) is 1. The first kappa shape index (κ1) is 11.3. The predicted molar refractivity (Wildman–Crippen MR) is 58.8 cm³/mol. The third-order valence-corrected chi connectivity index (χ3v) is 2.33. The smallest absolute Gasteiger partial charge is 0.335 e. The van der Waals surface area contributed by atoms with E-state index in [0.29, 0.717) is 0 Å². The van der Waals surface area contributed by atoms with Crippen molar-refractivity contribution >= 4 is 5.97 Å². The van der Waals surface area contributed by atoms with Gasteiger partial charge in [-0.3, -0.25) is 0 Å². The van der Waals surface area contributed by atoms with E-state index in [1.807, 2.05) is 0 Å². The van der Waals surface area contributed by atoms with Crippen LogP contribution in [0.4, 0.5) is 8.78 Å². The molecule has 86 valence electrons. The van der Waals surface area contributed by atoms with Crippen molar-refractivity contribution in [2.24, 2.45) is 0 Å². The summed E-state index contributed by atoms with van der Waals surface area (Å²) in [5, 5.41) is 8.79. The van der Waals surface area contributed by atoms with Crippen LogP contribution in [0.15, 0.2) is 42.5 Å². The van der Waals surface area contributed by atoms with Gasteiger partial charge in [-0.25, -0.2) is 13.6 Å². The molecule has 0 fully saturated rings. The summed E-state index contributed by atoms with van der Waals surface area (Å²) in [6.45, 7) is 0. The van der Waals surface area contributed by atoms with Crippen molar-refractivity contribution < 1.29 is 18.7 Å². The van der Waals surface area contributed by atoms with Crippen molar-refractivity contribution in [1.82, 2.24) is 0 Å². The Hall–Kier alpha value is -2.23. The van der Waals surface area contributed by atoms with E-state index in [-0.39, 0.29) is 16.7 Å². The molecule has 0 unspecified atom stereocenters. The predicted octanol–water partition coefficient (Wildman–Crippen LogP) is 3.33. The third kappa shape index (κ3) is 2.30. The van der Waals surface area contributed by atoms with E-state index in [1.54, 1.807) is 6.07 Å². The highest BCUT2D eigenvalue weighted by Gasteiger charge is 2.10. The molecule has 2 aromatic carbocycles. The van der Waals surface area contributed by atoms with E-state index in [0.717, 1.165) is 12.1 Å². The molecular weight excluding hydrogens is 226 g/mol. The van der Waals surface area contributed by atoms with E-state index in [1.165, 1.54) is 24.3 Å². The second-order valence-corrected chi connectivity index (χ2v) is 3.51. The normalized spacial score (nSPS) is 10.2. The largest absolute Gasteiger partial charge is 0.478 e. The summed E-state index contributed by atoms with van der Waals surface area (Å²) >= 11 is 0. The molecule has 0 radical (unpaired) electrons. The summed E-state index contributed by atoms with van der Waals surface area (Å²) < 4.78 is 26.7. The Morgan fingerprint density at radius 2 is 1.76 bits per heavy atom. The highest BCUT2D eigenvalue weighted by atomic mass is 19.1. The number of aromatic carboxylic acids is 1. The Balaban J connectivity index is 2.60. The fraction of sp³-hybridized carbons (Fsp3) is 0. The summed E-state index contributed by atoms with van der Waals surface area (Å²) in [7, 11) is 0. The summed E-state index contributed by atoms with van der Waals surface area (Å²) in [5.41, 5.74) is 0.179. The lowest BCUT2D eigenvalue weighted by atomic mass is 10.0. The van der Waals surface area contributed by atoms with Crippen LogP contribution in [0, 0.1) is 11.6 Å². The molecule has 0 amide bonds. The number of rotatable bonds is 2. The SMILES string of the molecule is O=C(O)c1cc(F)cc(-c2ccccc2F)c1. The van der Waals surface area contributed by atoms with E-state index < -0.39 is 17.6 Å². The molecule has 4 heteroatoms. The highest BCUT2D eigenvalue weighted by Crippen LogP contribution is 2.24. The average Bonchev–Trinajstić information content (AvgIpc) is 2.28. The van der Waals surface area contributed by atoms with Gasteiger partial charge in [0.1, 0.15) is 11.6 Å². The molecule has 2 aromatic rings. The Morgan fingerprint density at radius 1 is 1.06 bits per heavy atom. The Bertz CT molecular complexity index is 579. The number of carbonyl (C=O) groups is 1. The standard InChI is InChI=1S/C13H8F2O2/c14-10-6-8(5-9(7-10)13(16)17)11-3-1-2-4-12(11)15/h1-7H,(H,16,17). The lowest BCUT2D eigenvalue weighted by molar-refractivity contribution is 0.0696. The van der Waals surface area contributed by atoms with Crippen molar-refractivity contribution in [3.8, 4) is 11.1 Å². The van der Waals surface area contributed by atoms with Gasteiger partial charge in [-0.1, -0.05) is 18.2 Å². The number of halogens is 2. The molecule has 0 atom stereocenters. The summed E-state index contributed by atoms with van der Waals surface area (Å²) in [4.78, 5) is 10.8. The Labute approximate surface area is 96.1 Å². The van der Waals surface area contributed by atoms with E-state index in [9.17, 15) is 13.6 Å². The van der Waals surface area contributed by atoms with Gasteiger partial charge in [-0.2, -0.15) is 0 Å². The topological polar surface area (TPSA) is 37.3 Å². The van der Waals surface area contributed by atoms with Crippen molar-refractivity contribution in [3.63, 3.8) is 0 Å². The summed E-state index contributed by atoms with van der Waals surface area (Å²) in [5.74, 6) is -2.47. The van der Waals surface area contributed by atoms with Gasteiger partial charge in [0.05, 0.1) is 5.56 Å². The van der Waals surface area contributed by atoms with Crippen molar-refractivity contribution in [2.45, 2.75) is 0 Å². The van der Waals surface area contributed by atoms with E-state index in [4.69, 9.17) is 5.11 Å². The minimum atomic E-state index is -1.25. The van der Waals surface area contributed by atoms with Crippen LogP contribution in [-0.4, -0.2) is 11.1 Å².